The number of ether oxygens (including phenoxy) is 2. The van der Waals surface area contributed by atoms with Crippen LogP contribution in [0.4, 0.5) is 0 Å². The van der Waals surface area contributed by atoms with Gasteiger partial charge in [0.15, 0.2) is 6.61 Å². The van der Waals surface area contributed by atoms with Crippen LogP contribution in [-0.4, -0.2) is 37.6 Å². The highest BCUT2D eigenvalue weighted by Gasteiger charge is 2.18. The fraction of sp³-hybridized carbons (Fsp3) is 0.429. The van der Waals surface area contributed by atoms with Crippen molar-refractivity contribution >= 4 is 5.91 Å². The van der Waals surface area contributed by atoms with Crippen LogP contribution in [0.2, 0.25) is 0 Å². The van der Waals surface area contributed by atoms with Crippen LogP contribution in [0, 0.1) is 11.3 Å². The van der Waals surface area contributed by atoms with Crippen molar-refractivity contribution in [1.82, 2.24) is 4.90 Å². The third-order valence-corrected chi connectivity index (χ3v) is 3.07. The first-order valence-corrected chi connectivity index (χ1v) is 6.22. The molecule has 19 heavy (non-hydrogen) atoms. The molecule has 0 spiro atoms. The smallest absolute Gasteiger partial charge is 0.260 e. The zero-order chi connectivity index (χ0) is 13.7. The molecule has 1 aromatic rings. The Morgan fingerprint density at radius 3 is 2.63 bits per heavy atom. The van der Waals surface area contributed by atoms with E-state index in [0.29, 0.717) is 17.1 Å². The molecule has 0 aromatic heterocycles. The highest BCUT2D eigenvalue weighted by molar-refractivity contribution is 5.78. The fourth-order valence-electron chi connectivity index (χ4n) is 2.04. The minimum Gasteiger partial charge on any atom is -0.497 e. The normalized spacial score (nSPS) is 14.0. The quantitative estimate of drug-likeness (QED) is 0.824. The van der Waals surface area contributed by atoms with Crippen LogP contribution in [0.1, 0.15) is 18.4 Å². The van der Waals surface area contributed by atoms with Gasteiger partial charge in [-0.3, -0.25) is 4.79 Å². The first kappa shape index (κ1) is 13.2. The number of carbonyl (C=O) groups excluding carboxylic acids is 1. The van der Waals surface area contributed by atoms with Gasteiger partial charge in [0.05, 0.1) is 18.7 Å². The maximum Gasteiger partial charge on any atom is 0.260 e. The summed E-state index contributed by atoms with van der Waals surface area (Å²) in [6.45, 7) is 1.62. The predicted molar refractivity (Wildman–Crippen MR) is 69.0 cm³/mol. The van der Waals surface area contributed by atoms with Gasteiger partial charge in [-0.2, -0.15) is 5.26 Å². The molecule has 0 radical (unpaired) electrons. The molecule has 0 atom stereocenters. The number of carbonyl (C=O) groups is 1. The summed E-state index contributed by atoms with van der Waals surface area (Å²) in [5.74, 6) is 1.00. The van der Waals surface area contributed by atoms with E-state index in [9.17, 15) is 4.79 Å². The lowest BCUT2D eigenvalue weighted by Crippen LogP contribution is -2.32. The molecule has 1 aliphatic heterocycles. The molecule has 1 aromatic carbocycles. The fourth-order valence-corrected chi connectivity index (χ4v) is 2.04. The summed E-state index contributed by atoms with van der Waals surface area (Å²) in [6, 6.07) is 6.91. The lowest BCUT2D eigenvalue weighted by Gasteiger charge is -2.15. The number of nitriles is 1. The van der Waals surface area contributed by atoms with E-state index >= 15 is 0 Å². The largest absolute Gasteiger partial charge is 0.497 e. The van der Waals surface area contributed by atoms with E-state index in [2.05, 4.69) is 0 Å². The van der Waals surface area contributed by atoms with Crippen LogP contribution in [0.15, 0.2) is 18.2 Å². The van der Waals surface area contributed by atoms with E-state index in [4.69, 9.17) is 14.7 Å². The van der Waals surface area contributed by atoms with Gasteiger partial charge in [0.2, 0.25) is 0 Å². The first-order chi connectivity index (χ1) is 9.22. The molecule has 100 valence electrons. The summed E-state index contributed by atoms with van der Waals surface area (Å²) in [4.78, 5) is 13.6. The second kappa shape index (κ2) is 6.10. The molecule has 1 amide bonds. The Morgan fingerprint density at radius 1 is 1.32 bits per heavy atom. The van der Waals surface area contributed by atoms with Crippen molar-refractivity contribution in [2.24, 2.45) is 0 Å². The molecular formula is C14H16N2O3. The van der Waals surface area contributed by atoms with Crippen molar-refractivity contribution in [3.8, 4) is 17.6 Å². The van der Waals surface area contributed by atoms with Crippen molar-refractivity contribution in [3.05, 3.63) is 23.8 Å². The van der Waals surface area contributed by atoms with Gasteiger partial charge >= 0.3 is 0 Å². The zero-order valence-electron chi connectivity index (χ0n) is 10.9. The average molecular weight is 260 g/mol. The van der Waals surface area contributed by atoms with Crippen molar-refractivity contribution in [3.63, 3.8) is 0 Å². The summed E-state index contributed by atoms with van der Waals surface area (Å²) < 4.78 is 10.5. The van der Waals surface area contributed by atoms with Crippen LogP contribution in [0.5, 0.6) is 11.5 Å². The molecule has 1 fully saturated rings. The second-order valence-electron chi connectivity index (χ2n) is 4.39. The van der Waals surface area contributed by atoms with Crippen molar-refractivity contribution in [2.75, 3.05) is 26.8 Å². The molecule has 2 rings (SSSR count). The minimum atomic E-state index is -0.0150. The summed E-state index contributed by atoms with van der Waals surface area (Å²) in [7, 11) is 1.52. The Morgan fingerprint density at radius 2 is 2.00 bits per heavy atom. The van der Waals surface area contributed by atoms with Gasteiger partial charge in [0.1, 0.15) is 11.5 Å². The molecule has 0 saturated carbocycles. The van der Waals surface area contributed by atoms with Gasteiger partial charge in [-0.25, -0.2) is 0 Å². The average Bonchev–Trinajstić information content (AvgIpc) is 2.98. The standard InChI is InChI=1S/C14H16N2O3/c1-18-12-6-11(9-15)7-13(8-12)19-10-14(17)16-4-2-3-5-16/h6-8H,2-5,10H2,1H3. The predicted octanol–water partition coefficient (Wildman–Crippen LogP) is 1.57. The summed E-state index contributed by atoms with van der Waals surface area (Å²) in [5.41, 5.74) is 0.447. The van der Waals surface area contributed by atoms with Crippen LogP contribution < -0.4 is 9.47 Å². The SMILES string of the molecule is COc1cc(C#N)cc(OCC(=O)N2CCCC2)c1. The first-order valence-electron chi connectivity index (χ1n) is 6.22. The Labute approximate surface area is 112 Å². The van der Waals surface area contributed by atoms with E-state index in [-0.39, 0.29) is 12.5 Å². The van der Waals surface area contributed by atoms with Gasteiger partial charge in [-0.15, -0.1) is 0 Å². The Hall–Kier alpha value is -2.22. The molecule has 5 heteroatoms. The Kier molecular flexibility index (Phi) is 4.24. The Balaban J connectivity index is 1.98. The van der Waals surface area contributed by atoms with Crippen LogP contribution in [0.3, 0.4) is 0 Å². The van der Waals surface area contributed by atoms with E-state index in [0.717, 1.165) is 25.9 Å². The molecule has 0 aliphatic carbocycles. The second-order valence-corrected chi connectivity index (χ2v) is 4.39. The van der Waals surface area contributed by atoms with Crippen LogP contribution in [-0.2, 0) is 4.79 Å². The summed E-state index contributed by atoms with van der Waals surface area (Å²) >= 11 is 0. The number of nitrogens with zero attached hydrogens (tertiary/aromatic N) is 2. The Bertz CT molecular complexity index is 502. The van der Waals surface area contributed by atoms with Gasteiger partial charge in [-0.05, 0) is 25.0 Å². The molecular weight excluding hydrogens is 244 g/mol. The highest BCUT2D eigenvalue weighted by atomic mass is 16.5. The summed E-state index contributed by atoms with van der Waals surface area (Å²) in [6.07, 6.45) is 2.12. The number of amides is 1. The van der Waals surface area contributed by atoms with Crippen molar-refractivity contribution in [1.29, 1.82) is 5.26 Å². The van der Waals surface area contributed by atoms with Gasteiger partial charge in [-0.1, -0.05) is 0 Å². The molecule has 0 unspecified atom stereocenters. The molecule has 1 saturated heterocycles. The molecule has 0 N–H and O–H groups in total. The number of likely N-dealkylation sites (tertiary alicyclic amines) is 1. The third kappa shape index (κ3) is 3.38. The van der Waals surface area contributed by atoms with Gasteiger partial charge in [0, 0.05) is 19.2 Å². The minimum absolute atomic E-state index is 0.00195. The van der Waals surface area contributed by atoms with E-state index in [1.807, 2.05) is 6.07 Å². The van der Waals surface area contributed by atoms with E-state index in [1.54, 1.807) is 23.1 Å². The molecule has 5 nitrogen and oxygen atoms in total. The number of hydrogen-bond acceptors (Lipinski definition) is 4. The number of benzene rings is 1. The van der Waals surface area contributed by atoms with Crippen LogP contribution in [0.25, 0.3) is 0 Å². The van der Waals surface area contributed by atoms with E-state index < -0.39 is 0 Å². The molecule has 1 aliphatic rings. The van der Waals surface area contributed by atoms with E-state index in [1.165, 1.54) is 7.11 Å². The number of methoxy groups -OCH3 is 1. The van der Waals surface area contributed by atoms with Gasteiger partial charge in [0.25, 0.3) is 5.91 Å². The maximum absolute atomic E-state index is 11.8. The summed E-state index contributed by atoms with van der Waals surface area (Å²) in [5, 5.41) is 8.90. The lowest BCUT2D eigenvalue weighted by atomic mass is 10.2. The topological polar surface area (TPSA) is 62.6 Å². The highest BCUT2D eigenvalue weighted by Crippen LogP contribution is 2.22. The van der Waals surface area contributed by atoms with Crippen LogP contribution >= 0.6 is 0 Å². The molecule has 1 heterocycles. The number of hydrogen-bond donors (Lipinski definition) is 0. The maximum atomic E-state index is 11.8. The zero-order valence-corrected chi connectivity index (χ0v) is 10.9. The monoisotopic (exact) mass is 260 g/mol. The lowest BCUT2D eigenvalue weighted by molar-refractivity contribution is -0.132. The number of rotatable bonds is 4. The van der Waals surface area contributed by atoms with Crippen molar-refractivity contribution < 1.29 is 14.3 Å². The van der Waals surface area contributed by atoms with Gasteiger partial charge < -0.3 is 14.4 Å². The third-order valence-electron chi connectivity index (χ3n) is 3.07. The molecule has 0 bridgehead atoms. The van der Waals surface area contributed by atoms with Crippen molar-refractivity contribution in [2.45, 2.75) is 12.8 Å².